The Morgan fingerprint density at radius 1 is 1.52 bits per heavy atom. The van der Waals surface area contributed by atoms with Gasteiger partial charge < -0.3 is 5.11 Å². The van der Waals surface area contributed by atoms with Crippen LogP contribution in [0, 0.1) is 10.1 Å². The molecule has 0 unspecified atom stereocenters. The summed E-state index contributed by atoms with van der Waals surface area (Å²) < 4.78 is 0.416. The molecule has 1 amide bonds. The summed E-state index contributed by atoms with van der Waals surface area (Å²) in [6, 6.07) is 3.91. The highest BCUT2D eigenvalue weighted by Gasteiger charge is 2.31. The molecule has 108 valence electrons. The second-order valence-corrected chi connectivity index (χ2v) is 5.76. The Morgan fingerprint density at radius 3 is 2.86 bits per heavy atom. The van der Waals surface area contributed by atoms with Gasteiger partial charge in [0.25, 0.3) is 5.91 Å². The Bertz CT molecular complexity index is 685. The average Bonchev–Trinajstić information content (AvgIpc) is 2.69. The van der Waals surface area contributed by atoms with Crippen molar-refractivity contribution in [2.75, 3.05) is 6.54 Å². The smallest absolute Gasteiger partial charge is 0.311 e. The van der Waals surface area contributed by atoms with Crippen molar-refractivity contribution in [2.24, 2.45) is 0 Å². The second-order valence-electron chi connectivity index (χ2n) is 4.09. The molecule has 2 rings (SSSR count). The lowest BCUT2D eigenvalue weighted by atomic mass is 10.1. The van der Waals surface area contributed by atoms with Gasteiger partial charge in [0.05, 0.1) is 9.83 Å². The molecule has 1 aromatic rings. The molecule has 1 heterocycles. The minimum Gasteiger partial charge on any atom is -0.502 e. The molecular weight excluding hydrogens is 312 g/mol. The van der Waals surface area contributed by atoms with E-state index in [1.807, 2.05) is 0 Å². The van der Waals surface area contributed by atoms with Gasteiger partial charge in [0, 0.05) is 12.6 Å². The van der Waals surface area contributed by atoms with Crippen LogP contribution in [-0.2, 0) is 4.79 Å². The lowest BCUT2D eigenvalue weighted by Gasteiger charge is -2.10. The number of thioether (sulfide) groups is 1. The number of nitro groups is 1. The van der Waals surface area contributed by atoms with Crippen LogP contribution in [0.15, 0.2) is 35.8 Å². The Labute approximate surface area is 129 Å². The third-order valence-electron chi connectivity index (χ3n) is 2.68. The first-order valence-electron chi connectivity index (χ1n) is 5.77. The van der Waals surface area contributed by atoms with E-state index in [1.165, 1.54) is 29.2 Å². The third-order valence-corrected chi connectivity index (χ3v) is 4.06. The summed E-state index contributed by atoms with van der Waals surface area (Å²) in [6.07, 6.45) is 3.08. The molecule has 0 aromatic heterocycles. The number of rotatable bonds is 4. The third kappa shape index (κ3) is 3.11. The highest BCUT2D eigenvalue weighted by Crippen LogP contribution is 2.34. The monoisotopic (exact) mass is 322 g/mol. The Hall–Kier alpha value is -2.19. The van der Waals surface area contributed by atoms with Gasteiger partial charge in [-0.3, -0.25) is 19.8 Å². The van der Waals surface area contributed by atoms with Crippen molar-refractivity contribution in [3.63, 3.8) is 0 Å². The normalized spacial score (nSPS) is 16.6. The van der Waals surface area contributed by atoms with Crippen molar-refractivity contribution in [1.29, 1.82) is 0 Å². The van der Waals surface area contributed by atoms with Crippen LogP contribution in [0.2, 0.25) is 0 Å². The molecule has 0 aliphatic carbocycles. The van der Waals surface area contributed by atoms with E-state index in [1.54, 1.807) is 6.08 Å². The Balaban J connectivity index is 2.35. The lowest BCUT2D eigenvalue weighted by Crippen LogP contribution is -2.27. The summed E-state index contributed by atoms with van der Waals surface area (Å²) in [6.45, 7) is 3.88. The molecule has 1 aromatic carbocycles. The van der Waals surface area contributed by atoms with Gasteiger partial charge in [-0.2, -0.15) is 0 Å². The number of amides is 1. The topological polar surface area (TPSA) is 83.7 Å². The average molecular weight is 322 g/mol. The van der Waals surface area contributed by atoms with Crippen molar-refractivity contribution in [1.82, 2.24) is 4.90 Å². The first-order valence-corrected chi connectivity index (χ1v) is 7.00. The molecule has 1 aliphatic heterocycles. The van der Waals surface area contributed by atoms with Gasteiger partial charge in [-0.1, -0.05) is 36.1 Å². The van der Waals surface area contributed by atoms with Crippen molar-refractivity contribution in [3.8, 4) is 5.75 Å². The molecule has 1 N–H and O–H groups in total. The zero-order chi connectivity index (χ0) is 15.6. The number of carbonyl (C=O) groups is 1. The van der Waals surface area contributed by atoms with E-state index in [0.29, 0.717) is 21.3 Å². The minimum absolute atomic E-state index is 0.263. The zero-order valence-electron chi connectivity index (χ0n) is 10.7. The van der Waals surface area contributed by atoms with Crippen LogP contribution < -0.4 is 0 Å². The van der Waals surface area contributed by atoms with E-state index in [0.717, 1.165) is 11.8 Å². The summed E-state index contributed by atoms with van der Waals surface area (Å²) in [5.74, 6) is -0.683. The first-order chi connectivity index (χ1) is 9.93. The SMILES string of the molecule is C=CCN1C(=O)/C(=C/c2ccc(O)c([N+](=O)[O-])c2)SC1=S. The van der Waals surface area contributed by atoms with Gasteiger partial charge in [0.2, 0.25) is 0 Å². The summed E-state index contributed by atoms with van der Waals surface area (Å²) in [4.78, 5) is 24.0. The first kappa shape index (κ1) is 15.2. The molecule has 6 nitrogen and oxygen atoms in total. The van der Waals surface area contributed by atoms with Crippen LogP contribution in [0.5, 0.6) is 5.75 Å². The quantitative estimate of drug-likeness (QED) is 0.302. The number of hydrogen-bond donors (Lipinski definition) is 1. The van der Waals surface area contributed by atoms with Crippen LogP contribution in [-0.4, -0.2) is 31.7 Å². The van der Waals surface area contributed by atoms with Crippen molar-refractivity contribution in [3.05, 3.63) is 51.4 Å². The molecule has 0 atom stereocenters. The predicted octanol–water partition coefficient (Wildman–Crippen LogP) is 2.69. The van der Waals surface area contributed by atoms with Gasteiger partial charge in [-0.15, -0.1) is 6.58 Å². The maximum atomic E-state index is 12.1. The molecular formula is C13H10N2O4S2. The fraction of sp³-hybridized carbons (Fsp3) is 0.0769. The summed E-state index contributed by atoms with van der Waals surface area (Å²) in [5, 5.41) is 20.2. The maximum Gasteiger partial charge on any atom is 0.311 e. The number of thiocarbonyl (C=S) groups is 1. The number of benzene rings is 1. The Morgan fingerprint density at radius 2 is 2.24 bits per heavy atom. The largest absolute Gasteiger partial charge is 0.502 e. The number of nitro benzene ring substituents is 1. The number of aromatic hydroxyl groups is 1. The van der Waals surface area contributed by atoms with Crippen LogP contribution in [0.1, 0.15) is 5.56 Å². The van der Waals surface area contributed by atoms with Crippen molar-refractivity contribution in [2.45, 2.75) is 0 Å². The molecule has 0 radical (unpaired) electrons. The van der Waals surface area contributed by atoms with E-state index < -0.39 is 16.4 Å². The fourth-order valence-electron chi connectivity index (χ4n) is 1.71. The van der Waals surface area contributed by atoms with Gasteiger partial charge in [0.15, 0.2) is 5.75 Å². The highest BCUT2D eigenvalue weighted by molar-refractivity contribution is 8.26. The van der Waals surface area contributed by atoms with E-state index in [2.05, 4.69) is 6.58 Å². The van der Waals surface area contributed by atoms with Crippen molar-refractivity contribution < 1.29 is 14.8 Å². The summed E-state index contributed by atoms with van der Waals surface area (Å²) in [7, 11) is 0. The van der Waals surface area contributed by atoms with E-state index in [4.69, 9.17) is 12.2 Å². The van der Waals surface area contributed by atoms with Crippen LogP contribution in [0.4, 0.5) is 5.69 Å². The number of hydrogen-bond acceptors (Lipinski definition) is 6. The van der Waals surface area contributed by atoms with Crippen molar-refractivity contribution >= 4 is 46.0 Å². The molecule has 0 saturated carbocycles. The number of phenols is 1. The highest BCUT2D eigenvalue weighted by atomic mass is 32.2. The van der Waals surface area contributed by atoms with Crippen LogP contribution in [0.25, 0.3) is 6.08 Å². The van der Waals surface area contributed by atoms with Crippen LogP contribution >= 0.6 is 24.0 Å². The molecule has 21 heavy (non-hydrogen) atoms. The number of phenolic OH excluding ortho intramolecular Hbond substituents is 1. The summed E-state index contributed by atoms with van der Waals surface area (Å²) >= 11 is 6.22. The second kappa shape index (κ2) is 6.06. The Kier molecular flexibility index (Phi) is 4.39. The molecule has 1 aliphatic rings. The number of carbonyl (C=O) groups excluding carboxylic acids is 1. The van der Waals surface area contributed by atoms with E-state index in [-0.39, 0.29) is 5.91 Å². The standard InChI is InChI=1S/C13H10N2O4S2/c1-2-5-14-12(17)11(21-13(14)20)7-8-3-4-10(16)9(6-8)15(18)19/h2-4,6-7,16H,1,5H2/b11-7-. The van der Waals surface area contributed by atoms with Gasteiger partial charge in [-0.25, -0.2) is 0 Å². The zero-order valence-corrected chi connectivity index (χ0v) is 12.3. The number of nitrogens with zero attached hydrogens (tertiary/aromatic N) is 2. The molecule has 0 bridgehead atoms. The van der Waals surface area contributed by atoms with E-state index >= 15 is 0 Å². The van der Waals surface area contributed by atoms with Gasteiger partial charge >= 0.3 is 5.69 Å². The molecule has 1 fully saturated rings. The fourth-order valence-corrected chi connectivity index (χ4v) is 2.99. The molecule has 8 heteroatoms. The van der Waals surface area contributed by atoms with Crippen LogP contribution in [0.3, 0.4) is 0 Å². The predicted molar refractivity (Wildman–Crippen MR) is 84.8 cm³/mol. The summed E-state index contributed by atoms with van der Waals surface area (Å²) in [5.41, 5.74) is 0.0314. The molecule has 1 saturated heterocycles. The molecule has 0 spiro atoms. The van der Waals surface area contributed by atoms with E-state index in [9.17, 15) is 20.0 Å². The van der Waals surface area contributed by atoms with Gasteiger partial charge in [-0.05, 0) is 17.7 Å². The van der Waals surface area contributed by atoms with Gasteiger partial charge in [0.1, 0.15) is 4.32 Å². The minimum atomic E-state index is -0.685. The lowest BCUT2D eigenvalue weighted by molar-refractivity contribution is -0.385. The maximum absolute atomic E-state index is 12.1.